The van der Waals surface area contributed by atoms with Crippen molar-refractivity contribution in [3.8, 4) is 5.75 Å². The summed E-state index contributed by atoms with van der Waals surface area (Å²) in [6.45, 7) is 9.17. The fourth-order valence-corrected chi connectivity index (χ4v) is 3.05. The monoisotopic (exact) mass is 346 g/mol. The van der Waals surface area contributed by atoms with Gasteiger partial charge >= 0.3 is 0 Å². The number of carbonyl (C=O) groups excluding carboxylic acids is 1. The molecule has 4 nitrogen and oxygen atoms in total. The molecular formula is C19H26N2O2S. The Bertz CT molecular complexity index is 652. The van der Waals surface area contributed by atoms with E-state index in [1.807, 2.05) is 41.5 Å². The van der Waals surface area contributed by atoms with Gasteiger partial charge in [-0.2, -0.15) is 0 Å². The second kappa shape index (κ2) is 8.83. The van der Waals surface area contributed by atoms with E-state index in [1.165, 1.54) is 5.56 Å². The number of thiazole rings is 1. The van der Waals surface area contributed by atoms with Crippen molar-refractivity contribution in [1.82, 2.24) is 9.88 Å². The number of amides is 1. The summed E-state index contributed by atoms with van der Waals surface area (Å²) in [5.41, 5.74) is 2.15. The van der Waals surface area contributed by atoms with Crippen molar-refractivity contribution in [3.63, 3.8) is 0 Å². The summed E-state index contributed by atoms with van der Waals surface area (Å²) in [7, 11) is 0. The van der Waals surface area contributed by atoms with E-state index >= 15 is 0 Å². The van der Waals surface area contributed by atoms with Gasteiger partial charge in [0.25, 0.3) is 0 Å². The molecule has 0 aliphatic heterocycles. The van der Waals surface area contributed by atoms with Crippen molar-refractivity contribution in [2.45, 2.75) is 59.7 Å². The van der Waals surface area contributed by atoms with E-state index in [2.05, 4.69) is 25.8 Å². The van der Waals surface area contributed by atoms with Gasteiger partial charge in [-0.25, -0.2) is 4.98 Å². The van der Waals surface area contributed by atoms with E-state index in [0.29, 0.717) is 19.6 Å². The number of aryl methyl sites for hydroxylation is 1. The first-order valence-electron chi connectivity index (χ1n) is 8.45. The Labute approximate surface area is 148 Å². The zero-order chi connectivity index (χ0) is 17.5. The minimum Gasteiger partial charge on any atom is -0.486 e. The van der Waals surface area contributed by atoms with Gasteiger partial charge in [-0.05, 0) is 32.4 Å². The van der Waals surface area contributed by atoms with E-state index in [1.54, 1.807) is 11.3 Å². The largest absolute Gasteiger partial charge is 0.486 e. The molecule has 0 bridgehead atoms. The smallest absolute Gasteiger partial charge is 0.222 e. The number of rotatable bonds is 8. The highest BCUT2D eigenvalue weighted by molar-refractivity contribution is 7.09. The molecule has 2 rings (SSSR count). The van der Waals surface area contributed by atoms with E-state index in [4.69, 9.17) is 4.74 Å². The van der Waals surface area contributed by atoms with Crippen molar-refractivity contribution in [3.05, 3.63) is 45.9 Å². The summed E-state index contributed by atoms with van der Waals surface area (Å²) in [4.78, 5) is 18.7. The third-order valence-corrected chi connectivity index (χ3v) is 4.93. The van der Waals surface area contributed by atoms with Crippen molar-refractivity contribution in [1.29, 1.82) is 0 Å². The molecule has 1 atom stereocenters. The van der Waals surface area contributed by atoms with Crippen LogP contribution in [0.5, 0.6) is 5.75 Å². The third-order valence-electron chi connectivity index (χ3n) is 4.06. The van der Waals surface area contributed by atoms with Crippen LogP contribution in [0.4, 0.5) is 0 Å². The zero-order valence-corrected chi connectivity index (χ0v) is 15.7. The highest BCUT2D eigenvalue weighted by Crippen LogP contribution is 2.18. The van der Waals surface area contributed by atoms with Crippen LogP contribution in [0.2, 0.25) is 0 Å². The molecule has 24 heavy (non-hydrogen) atoms. The standard InChI is InChI=1S/C19H26N2O2S/c1-5-15(4)21(19(22)6-2)11-16-13-24-18(20-16)12-23-17-9-7-14(3)8-10-17/h7-10,13,15H,5-6,11-12H2,1-4H3/t15-/m1/s1. The van der Waals surface area contributed by atoms with Gasteiger partial charge in [-0.3, -0.25) is 4.79 Å². The van der Waals surface area contributed by atoms with Gasteiger partial charge in [0.05, 0.1) is 12.2 Å². The van der Waals surface area contributed by atoms with Crippen LogP contribution < -0.4 is 4.74 Å². The minimum absolute atomic E-state index is 0.176. The molecular weight excluding hydrogens is 320 g/mol. The van der Waals surface area contributed by atoms with E-state index in [9.17, 15) is 4.79 Å². The molecule has 0 saturated heterocycles. The van der Waals surface area contributed by atoms with Gasteiger partial charge in [-0.15, -0.1) is 11.3 Å². The molecule has 0 aliphatic rings. The first kappa shape index (κ1) is 18.5. The molecule has 2 aromatic rings. The molecule has 1 heterocycles. The van der Waals surface area contributed by atoms with Crippen LogP contribution in [0.25, 0.3) is 0 Å². The lowest BCUT2D eigenvalue weighted by Crippen LogP contribution is -2.37. The summed E-state index contributed by atoms with van der Waals surface area (Å²) in [5, 5.41) is 2.95. The summed E-state index contributed by atoms with van der Waals surface area (Å²) in [6.07, 6.45) is 1.47. The average Bonchev–Trinajstić information content (AvgIpc) is 3.05. The van der Waals surface area contributed by atoms with Crippen LogP contribution in [0.1, 0.15) is 49.9 Å². The number of benzene rings is 1. The zero-order valence-electron chi connectivity index (χ0n) is 14.9. The molecule has 0 fully saturated rings. The van der Waals surface area contributed by atoms with Gasteiger partial charge in [0.1, 0.15) is 17.4 Å². The Morgan fingerprint density at radius 3 is 2.62 bits per heavy atom. The Balaban J connectivity index is 1.96. The summed E-state index contributed by atoms with van der Waals surface area (Å²) in [6, 6.07) is 8.22. The van der Waals surface area contributed by atoms with Crippen LogP contribution in [0.15, 0.2) is 29.6 Å². The summed E-state index contributed by atoms with van der Waals surface area (Å²) >= 11 is 1.58. The maximum atomic E-state index is 12.1. The predicted molar refractivity (Wildman–Crippen MR) is 98.2 cm³/mol. The Hall–Kier alpha value is -1.88. The first-order chi connectivity index (χ1) is 11.5. The number of carbonyl (C=O) groups is 1. The molecule has 0 spiro atoms. The van der Waals surface area contributed by atoms with Crippen molar-refractivity contribution in [2.75, 3.05) is 0 Å². The van der Waals surface area contributed by atoms with Crippen LogP contribution in [0, 0.1) is 6.92 Å². The van der Waals surface area contributed by atoms with E-state index in [0.717, 1.165) is 22.9 Å². The fraction of sp³-hybridized carbons (Fsp3) is 0.474. The second-order valence-electron chi connectivity index (χ2n) is 5.97. The maximum Gasteiger partial charge on any atom is 0.222 e. The summed E-state index contributed by atoms with van der Waals surface area (Å²) in [5.74, 6) is 1.02. The highest BCUT2D eigenvalue weighted by atomic mass is 32.1. The highest BCUT2D eigenvalue weighted by Gasteiger charge is 2.18. The Kier molecular flexibility index (Phi) is 6.79. The maximum absolute atomic E-state index is 12.1. The molecule has 0 saturated carbocycles. The van der Waals surface area contributed by atoms with E-state index in [-0.39, 0.29) is 11.9 Å². The number of hydrogen-bond acceptors (Lipinski definition) is 4. The SMILES string of the molecule is CCC(=O)N(Cc1csc(COc2ccc(C)cc2)n1)[C@H](C)CC. The fourth-order valence-electron chi connectivity index (χ4n) is 2.36. The van der Waals surface area contributed by atoms with Gasteiger partial charge in [-0.1, -0.05) is 31.5 Å². The lowest BCUT2D eigenvalue weighted by molar-refractivity contribution is -0.133. The van der Waals surface area contributed by atoms with Crippen LogP contribution >= 0.6 is 11.3 Å². The number of ether oxygens (including phenoxy) is 1. The molecule has 5 heteroatoms. The van der Waals surface area contributed by atoms with Crippen LogP contribution in [-0.4, -0.2) is 21.8 Å². The number of aromatic nitrogens is 1. The van der Waals surface area contributed by atoms with Gasteiger partial charge in [0, 0.05) is 17.8 Å². The number of nitrogens with zero attached hydrogens (tertiary/aromatic N) is 2. The lowest BCUT2D eigenvalue weighted by Gasteiger charge is -2.27. The quantitative estimate of drug-likeness (QED) is 0.703. The molecule has 130 valence electrons. The van der Waals surface area contributed by atoms with Crippen LogP contribution in [0.3, 0.4) is 0 Å². The van der Waals surface area contributed by atoms with Crippen LogP contribution in [-0.2, 0) is 17.9 Å². The van der Waals surface area contributed by atoms with Gasteiger partial charge < -0.3 is 9.64 Å². The molecule has 1 aromatic heterocycles. The Morgan fingerprint density at radius 1 is 1.29 bits per heavy atom. The predicted octanol–water partition coefficient (Wildman–Crippen LogP) is 4.57. The van der Waals surface area contributed by atoms with Gasteiger partial charge in [0.15, 0.2) is 0 Å². The molecule has 0 radical (unpaired) electrons. The minimum atomic E-state index is 0.176. The molecule has 0 unspecified atom stereocenters. The first-order valence-corrected chi connectivity index (χ1v) is 9.33. The normalized spacial score (nSPS) is 12.0. The Morgan fingerprint density at radius 2 is 2.00 bits per heavy atom. The summed E-state index contributed by atoms with van der Waals surface area (Å²) < 4.78 is 5.77. The molecule has 0 N–H and O–H groups in total. The second-order valence-corrected chi connectivity index (χ2v) is 6.91. The van der Waals surface area contributed by atoms with Crippen molar-refractivity contribution >= 4 is 17.2 Å². The molecule has 0 aliphatic carbocycles. The molecule has 1 amide bonds. The number of hydrogen-bond donors (Lipinski definition) is 0. The average molecular weight is 346 g/mol. The van der Waals surface area contributed by atoms with Gasteiger partial charge in [0.2, 0.25) is 5.91 Å². The van der Waals surface area contributed by atoms with Crippen molar-refractivity contribution in [2.24, 2.45) is 0 Å². The van der Waals surface area contributed by atoms with Crippen molar-refractivity contribution < 1.29 is 9.53 Å². The topological polar surface area (TPSA) is 42.4 Å². The molecule has 1 aromatic carbocycles. The third kappa shape index (κ3) is 5.06. The lowest BCUT2D eigenvalue weighted by atomic mass is 10.2. The van der Waals surface area contributed by atoms with E-state index < -0.39 is 0 Å².